The quantitative estimate of drug-likeness (QED) is 0.675. The van der Waals surface area contributed by atoms with Crippen LogP contribution in [-0.4, -0.2) is 17.1 Å². The lowest BCUT2D eigenvalue weighted by Crippen LogP contribution is -2.27. The van der Waals surface area contributed by atoms with E-state index >= 15 is 0 Å². The smallest absolute Gasteiger partial charge is 0.102 e. The first-order valence-corrected chi connectivity index (χ1v) is 8.66. The first kappa shape index (κ1) is 15.5. The molecule has 20 heavy (non-hydrogen) atoms. The van der Waals surface area contributed by atoms with Crippen LogP contribution in [0, 0.1) is 0 Å². The monoisotopic (exact) mass is 290 g/mol. The Balaban J connectivity index is 1.87. The van der Waals surface area contributed by atoms with Gasteiger partial charge in [0.2, 0.25) is 0 Å². The fourth-order valence-electron chi connectivity index (χ4n) is 2.57. The molecule has 1 aromatic rings. The van der Waals surface area contributed by atoms with Gasteiger partial charge in [-0.1, -0.05) is 49.6 Å². The first-order chi connectivity index (χ1) is 9.70. The second kappa shape index (κ2) is 7.78. The third-order valence-electron chi connectivity index (χ3n) is 3.93. The number of hydrogen-bond acceptors (Lipinski definition) is 2. The Kier molecular flexibility index (Phi) is 6.03. The second-order valence-corrected chi connectivity index (χ2v) is 7.62. The van der Waals surface area contributed by atoms with E-state index in [2.05, 4.69) is 49.9 Å². The zero-order chi connectivity index (χ0) is 14.3. The molecular formula is C18H26OS. The van der Waals surface area contributed by atoms with Crippen LogP contribution >= 0.6 is 11.8 Å². The summed E-state index contributed by atoms with van der Waals surface area (Å²) in [5.41, 5.74) is 2.44. The van der Waals surface area contributed by atoms with Crippen molar-refractivity contribution >= 4 is 17.3 Å². The first-order valence-electron chi connectivity index (χ1n) is 7.67. The van der Waals surface area contributed by atoms with Crippen LogP contribution in [0.5, 0.6) is 0 Å². The molecule has 1 heterocycles. The average Bonchev–Trinajstić information content (AvgIpc) is 2.44. The highest BCUT2D eigenvalue weighted by Gasteiger charge is 2.26. The molecule has 0 spiro atoms. The van der Waals surface area contributed by atoms with E-state index in [0.29, 0.717) is 0 Å². The van der Waals surface area contributed by atoms with E-state index in [9.17, 15) is 0 Å². The zero-order valence-corrected chi connectivity index (χ0v) is 13.5. The van der Waals surface area contributed by atoms with Crippen molar-refractivity contribution < 1.29 is 4.74 Å². The lowest BCUT2D eigenvalue weighted by Gasteiger charge is -2.30. The zero-order valence-electron chi connectivity index (χ0n) is 12.7. The van der Waals surface area contributed by atoms with Crippen LogP contribution in [0.15, 0.2) is 36.6 Å². The molecule has 1 aliphatic rings. The molecule has 1 nitrogen and oxygen atoms in total. The maximum absolute atomic E-state index is 5.91. The molecule has 0 aromatic heterocycles. The van der Waals surface area contributed by atoms with E-state index in [4.69, 9.17) is 4.74 Å². The van der Waals surface area contributed by atoms with E-state index in [1.165, 1.54) is 49.0 Å². The van der Waals surface area contributed by atoms with Gasteiger partial charge in [0.1, 0.15) is 6.61 Å². The summed E-state index contributed by atoms with van der Waals surface area (Å²) in [6.45, 7) is 5.29. The lowest BCUT2D eigenvalue weighted by molar-refractivity contribution is 0.212. The van der Waals surface area contributed by atoms with Crippen molar-refractivity contribution in [3.63, 3.8) is 0 Å². The van der Waals surface area contributed by atoms with Gasteiger partial charge in [-0.3, -0.25) is 0 Å². The Morgan fingerprint density at radius 3 is 2.75 bits per heavy atom. The highest BCUT2D eigenvalue weighted by molar-refractivity contribution is 8.00. The molecule has 1 unspecified atom stereocenters. The second-order valence-electron chi connectivity index (χ2n) is 5.94. The fraction of sp³-hybridized carbons (Fsp3) is 0.556. The van der Waals surface area contributed by atoms with Crippen LogP contribution in [0.25, 0.3) is 5.57 Å². The van der Waals surface area contributed by atoms with Crippen molar-refractivity contribution in [2.24, 2.45) is 0 Å². The summed E-state index contributed by atoms with van der Waals surface area (Å²) >= 11 is 2.09. The third kappa shape index (κ3) is 4.90. The SMILES string of the molecule is C/C(=C/OCC1(C)CCCCCCS1)c1ccccc1. The van der Waals surface area contributed by atoms with Crippen LogP contribution in [-0.2, 0) is 4.74 Å². The summed E-state index contributed by atoms with van der Waals surface area (Å²) in [4.78, 5) is 0. The minimum Gasteiger partial charge on any atom is -0.499 e. The van der Waals surface area contributed by atoms with Crippen LogP contribution < -0.4 is 0 Å². The lowest BCUT2D eigenvalue weighted by atomic mass is 10.0. The van der Waals surface area contributed by atoms with Gasteiger partial charge in [-0.2, -0.15) is 11.8 Å². The molecule has 0 radical (unpaired) electrons. The maximum Gasteiger partial charge on any atom is 0.102 e. The predicted octanol–water partition coefficient (Wildman–Crippen LogP) is 5.52. The number of allylic oxidation sites excluding steroid dienone is 1. The topological polar surface area (TPSA) is 9.23 Å². The highest BCUT2D eigenvalue weighted by atomic mass is 32.2. The molecule has 1 saturated heterocycles. The van der Waals surface area contributed by atoms with E-state index < -0.39 is 0 Å². The van der Waals surface area contributed by atoms with Gasteiger partial charge >= 0.3 is 0 Å². The third-order valence-corrected chi connectivity index (χ3v) is 5.44. The van der Waals surface area contributed by atoms with Crippen LogP contribution in [0.4, 0.5) is 0 Å². The van der Waals surface area contributed by atoms with Crippen LogP contribution in [0.2, 0.25) is 0 Å². The number of hydrogen-bond donors (Lipinski definition) is 0. The van der Waals surface area contributed by atoms with Gasteiger partial charge in [-0.15, -0.1) is 0 Å². The van der Waals surface area contributed by atoms with Gasteiger partial charge in [-0.25, -0.2) is 0 Å². The summed E-state index contributed by atoms with van der Waals surface area (Å²) in [7, 11) is 0. The Labute approximate surface area is 127 Å². The summed E-state index contributed by atoms with van der Waals surface area (Å²) < 4.78 is 6.19. The molecule has 1 atom stereocenters. The maximum atomic E-state index is 5.91. The molecule has 0 amide bonds. The fourth-order valence-corrected chi connectivity index (χ4v) is 3.85. The molecule has 0 bridgehead atoms. The van der Waals surface area contributed by atoms with Crippen molar-refractivity contribution in [1.82, 2.24) is 0 Å². The van der Waals surface area contributed by atoms with E-state index in [0.717, 1.165) is 6.61 Å². The number of rotatable bonds is 4. The normalized spacial score (nSPS) is 24.8. The van der Waals surface area contributed by atoms with Crippen LogP contribution in [0.3, 0.4) is 0 Å². The van der Waals surface area contributed by atoms with Gasteiger partial charge in [0.15, 0.2) is 0 Å². The standard InChI is InChI=1S/C18H26OS/c1-16(17-10-6-5-7-11-17)14-19-15-18(2)12-8-3-4-9-13-20-18/h5-7,10-11,14H,3-4,8-9,12-13,15H2,1-2H3/b16-14-. The van der Waals surface area contributed by atoms with Gasteiger partial charge in [0.05, 0.1) is 6.26 Å². The highest BCUT2D eigenvalue weighted by Crippen LogP contribution is 2.34. The van der Waals surface area contributed by atoms with E-state index in [1.54, 1.807) is 0 Å². The average molecular weight is 290 g/mol. The minimum absolute atomic E-state index is 0.286. The molecule has 1 aromatic carbocycles. The molecule has 2 rings (SSSR count). The summed E-state index contributed by atoms with van der Waals surface area (Å²) in [5.74, 6) is 1.28. The Bertz CT molecular complexity index is 416. The largest absolute Gasteiger partial charge is 0.499 e. The molecule has 0 N–H and O–H groups in total. The molecule has 0 aliphatic carbocycles. The molecule has 110 valence electrons. The van der Waals surface area contributed by atoms with Crippen LogP contribution in [0.1, 0.15) is 51.5 Å². The van der Waals surface area contributed by atoms with E-state index in [1.807, 2.05) is 12.3 Å². The minimum atomic E-state index is 0.286. The summed E-state index contributed by atoms with van der Waals surface area (Å²) in [5, 5.41) is 0. The number of ether oxygens (including phenoxy) is 1. The van der Waals surface area contributed by atoms with Gasteiger partial charge in [0.25, 0.3) is 0 Å². The molecule has 2 heteroatoms. The molecular weight excluding hydrogens is 264 g/mol. The van der Waals surface area contributed by atoms with Gasteiger partial charge in [0, 0.05) is 4.75 Å². The Hall–Kier alpha value is -0.890. The molecule has 1 fully saturated rings. The van der Waals surface area contributed by atoms with Crippen molar-refractivity contribution in [2.45, 2.75) is 50.7 Å². The summed E-state index contributed by atoms with van der Waals surface area (Å²) in [6, 6.07) is 10.4. The number of thioether (sulfide) groups is 1. The van der Waals surface area contributed by atoms with Crippen molar-refractivity contribution in [3.8, 4) is 0 Å². The Morgan fingerprint density at radius 1 is 1.20 bits per heavy atom. The van der Waals surface area contributed by atoms with E-state index in [-0.39, 0.29) is 4.75 Å². The Morgan fingerprint density at radius 2 is 1.95 bits per heavy atom. The predicted molar refractivity (Wildman–Crippen MR) is 90.0 cm³/mol. The van der Waals surface area contributed by atoms with Crippen molar-refractivity contribution in [2.75, 3.05) is 12.4 Å². The van der Waals surface area contributed by atoms with Gasteiger partial charge < -0.3 is 4.74 Å². The van der Waals surface area contributed by atoms with Crippen molar-refractivity contribution in [1.29, 1.82) is 0 Å². The van der Waals surface area contributed by atoms with Gasteiger partial charge in [-0.05, 0) is 43.6 Å². The molecule has 1 aliphatic heterocycles. The van der Waals surface area contributed by atoms with Crippen molar-refractivity contribution in [3.05, 3.63) is 42.2 Å². The number of benzene rings is 1. The molecule has 0 saturated carbocycles. The summed E-state index contributed by atoms with van der Waals surface area (Å²) in [6.07, 6.45) is 8.69.